The van der Waals surface area contributed by atoms with Gasteiger partial charge in [0.2, 0.25) is 5.89 Å². The fourth-order valence-electron chi connectivity index (χ4n) is 3.22. The third-order valence-corrected chi connectivity index (χ3v) is 4.95. The maximum absolute atomic E-state index is 5.84. The van der Waals surface area contributed by atoms with Gasteiger partial charge in [-0.15, -0.1) is 0 Å². The summed E-state index contributed by atoms with van der Waals surface area (Å²) in [5.41, 5.74) is 5.42. The Morgan fingerprint density at radius 3 is 2.57 bits per heavy atom. The summed E-state index contributed by atoms with van der Waals surface area (Å²) in [6.07, 6.45) is 4.84. The zero-order valence-electron chi connectivity index (χ0n) is 17.2. The molecule has 0 fully saturated rings. The second kappa shape index (κ2) is 9.90. The Labute approximate surface area is 177 Å². The molecule has 0 saturated heterocycles. The number of hydrogen-bond acceptors (Lipinski definition) is 4. The van der Waals surface area contributed by atoms with Gasteiger partial charge in [0.1, 0.15) is 11.3 Å². The van der Waals surface area contributed by atoms with Crippen molar-refractivity contribution in [2.24, 2.45) is 0 Å². The number of hydrogen-bond donors (Lipinski definition) is 1. The van der Waals surface area contributed by atoms with E-state index in [1.54, 1.807) is 0 Å². The number of oxazole rings is 1. The molecular weight excluding hydrogens is 372 g/mol. The van der Waals surface area contributed by atoms with Crippen LogP contribution in [0.4, 0.5) is 0 Å². The molecule has 1 N–H and O–H groups in total. The smallest absolute Gasteiger partial charge is 0.220 e. The van der Waals surface area contributed by atoms with Gasteiger partial charge in [-0.1, -0.05) is 48.5 Å². The van der Waals surface area contributed by atoms with Gasteiger partial charge in [0, 0.05) is 12.6 Å². The molecule has 1 aromatic heterocycles. The van der Waals surface area contributed by atoms with E-state index in [1.807, 2.05) is 60.7 Å². The highest BCUT2D eigenvalue weighted by Gasteiger charge is 2.01. The molecule has 0 atom stereocenters. The van der Waals surface area contributed by atoms with Crippen LogP contribution in [-0.4, -0.2) is 18.1 Å². The van der Waals surface area contributed by atoms with Gasteiger partial charge < -0.3 is 14.5 Å². The van der Waals surface area contributed by atoms with Crippen LogP contribution >= 0.6 is 0 Å². The van der Waals surface area contributed by atoms with Crippen molar-refractivity contribution in [2.45, 2.75) is 19.9 Å². The average molecular weight is 399 g/mol. The molecule has 152 valence electrons. The van der Waals surface area contributed by atoms with Gasteiger partial charge in [-0.25, -0.2) is 4.98 Å². The molecule has 4 nitrogen and oxygen atoms in total. The van der Waals surface area contributed by atoms with E-state index in [9.17, 15) is 0 Å². The van der Waals surface area contributed by atoms with Crippen LogP contribution < -0.4 is 10.1 Å². The predicted molar refractivity (Wildman–Crippen MR) is 122 cm³/mol. The monoisotopic (exact) mass is 398 g/mol. The molecule has 3 aromatic carbocycles. The molecule has 0 amide bonds. The van der Waals surface area contributed by atoms with Crippen molar-refractivity contribution in [3.8, 4) is 5.75 Å². The summed E-state index contributed by atoms with van der Waals surface area (Å²) in [6.45, 7) is 4.67. The number of aryl methyl sites for hydroxylation is 1. The molecular formula is C26H26N2O2. The number of nitrogens with zero attached hydrogens (tertiary/aromatic N) is 1. The minimum Gasteiger partial charge on any atom is -0.494 e. The first kappa shape index (κ1) is 19.9. The Kier molecular flexibility index (Phi) is 6.58. The van der Waals surface area contributed by atoms with E-state index in [2.05, 4.69) is 41.5 Å². The van der Waals surface area contributed by atoms with Crippen LogP contribution in [0.1, 0.15) is 29.0 Å². The van der Waals surface area contributed by atoms with E-state index in [-0.39, 0.29) is 0 Å². The van der Waals surface area contributed by atoms with Crippen molar-refractivity contribution in [2.75, 3.05) is 13.2 Å². The largest absolute Gasteiger partial charge is 0.494 e. The lowest BCUT2D eigenvalue weighted by Crippen LogP contribution is -2.17. The predicted octanol–water partition coefficient (Wildman–Crippen LogP) is 5.87. The second-order valence-electron chi connectivity index (χ2n) is 7.23. The number of ether oxygens (including phenoxy) is 1. The Hall–Kier alpha value is -3.37. The van der Waals surface area contributed by atoms with Crippen molar-refractivity contribution in [3.05, 3.63) is 95.4 Å². The molecule has 0 saturated carbocycles. The Morgan fingerprint density at radius 2 is 1.73 bits per heavy atom. The lowest BCUT2D eigenvalue weighted by Gasteiger charge is -2.09. The van der Waals surface area contributed by atoms with E-state index in [1.165, 1.54) is 11.1 Å². The van der Waals surface area contributed by atoms with Crippen LogP contribution in [0.25, 0.3) is 23.3 Å². The standard InChI is InChI=1S/C26H26N2O2/c1-20-7-2-3-8-22(20)19-27-17-6-18-29-23-14-11-21(12-15-23)13-16-26-28-24-9-4-5-10-25(24)30-26/h2-5,7-16,27H,6,17-19H2,1H3/b16-13+. The van der Waals surface area contributed by atoms with E-state index in [0.29, 0.717) is 12.5 Å². The zero-order chi connectivity index (χ0) is 20.6. The quantitative estimate of drug-likeness (QED) is 0.359. The molecule has 4 aromatic rings. The molecule has 0 unspecified atom stereocenters. The number of nitrogens with one attached hydrogen (secondary N) is 1. The average Bonchev–Trinajstić information content (AvgIpc) is 3.20. The number of rotatable bonds is 9. The lowest BCUT2D eigenvalue weighted by molar-refractivity contribution is 0.308. The van der Waals surface area contributed by atoms with Gasteiger partial charge >= 0.3 is 0 Å². The van der Waals surface area contributed by atoms with E-state index in [4.69, 9.17) is 9.15 Å². The Bertz CT molecular complexity index is 1080. The number of aromatic nitrogens is 1. The summed E-state index contributed by atoms with van der Waals surface area (Å²) < 4.78 is 11.5. The highest BCUT2D eigenvalue weighted by molar-refractivity contribution is 5.75. The highest BCUT2D eigenvalue weighted by Crippen LogP contribution is 2.18. The fraction of sp³-hybridized carbons (Fsp3) is 0.192. The van der Waals surface area contributed by atoms with Crippen molar-refractivity contribution in [3.63, 3.8) is 0 Å². The molecule has 0 aliphatic carbocycles. The van der Waals surface area contributed by atoms with Crippen LogP contribution in [0.2, 0.25) is 0 Å². The second-order valence-corrected chi connectivity index (χ2v) is 7.23. The van der Waals surface area contributed by atoms with Crippen molar-refractivity contribution in [1.82, 2.24) is 10.3 Å². The topological polar surface area (TPSA) is 47.3 Å². The number of para-hydroxylation sites is 2. The zero-order valence-corrected chi connectivity index (χ0v) is 17.2. The van der Waals surface area contributed by atoms with Crippen LogP contribution in [0.5, 0.6) is 5.75 Å². The lowest BCUT2D eigenvalue weighted by atomic mass is 10.1. The summed E-state index contributed by atoms with van der Waals surface area (Å²) in [4.78, 5) is 4.45. The molecule has 0 aliphatic rings. The van der Waals surface area contributed by atoms with Gasteiger partial charge in [0.15, 0.2) is 5.58 Å². The first-order chi connectivity index (χ1) is 14.8. The molecule has 4 rings (SSSR count). The molecule has 30 heavy (non-hydrogen) atoms. The third-order valence-electron chi connectivity index (χ3n) is 4.95. The molecule has 0 aliphatic heterocycles. The number of fused-ring (bicyclic) bond motifs is 1. The van der Waals surface area contributed by atoms with E-state index < -0.39 is 0 Å². The van der Waals surface area contributed by atoms with Crippen LogP contribution in [0, 0.1) is 6.92 Å². The SMILES string of the molecule is Cc1ccccc1CNCCCOc1ccc(/C=C/c2nc3ccccc3o2)cc1. The van der Waals surface area contributed by atoms with Gasteiger partial charge in [0.25, 0.3) is 0 Å². The van der Waals surface area contributed by atoms with Crippen molar-refractivity contribution >= 4 is 23.3 Å². The highest BCUT2D eigenvalue weighted by atomic mass is 16.5. The number of benzene rings is 3. The minimum atomic E-state index is 0.606. The molecule has 4 heteroatoms. The van der Waals surface area contributed by atoms with Gasteiger partial charge in [-0.3, -0.25) is 0 Å². The molecule has 0 radical (unpaired) electrons. The first-order valence-corrected chi connectivity index (χ1v) is 10.3. The normalized spacial score (nSPS) is 11.4. The van der Waals surface area contributed by atoms with Crippen LogP contribution in [-0.2, 0) is 6.54 Å². The summed E-state index contributed by atoms with van der Waals surface area (Å²) in [5, 5.41) is 3.48. The summed E-state index contributed by atoms with van der Waals surface area (Å²) >= 11 is 0. The molecule has 1 heterocycles. The summed E-state index contributed by atoms with van der Waals surface area (Å²) in [6, 6.07) is 24.3. The third kappa shape index (κ3) is 5.37. The van der Waals surface area contributed by atoms with Crippen molar-refractivity contribution in [1.29, 1.82) is 0 Å². The van der Waals surface area contributed by atoms with Crippen LogP contribution in [0.15, 0.2) is 77.2 Å². The molecule has 0 bridgehead atoms. The van der Waals surface area contributed by atoms with Gasteiger partial charge in [-0.05, 0) is 66.9 Å². The van der Waals surface area contributed by atoms with Gasteiger partial charge in [0.05, 0.1) is 6.61 Å². The maximum atomic E-state index is 5.84. The van der Waals surface area contributed by atoms with Gasteiger partial charge in [-0.2, -0.15) is 0 Å². The summed E-state index contributed by atoms with van der Waals surface area (Å²) in [7, 11) is 0. The molecule has 0 spiro atoms. The van der Waals surface area contributed by atoms with Crippen molar-refractivity contribution < 1.29 is 9.15 Å². The van der Waals surface area contributed by atoms with Crippen LogP contribution in [0.3, 0.4) is 0 Å². The fourth-order valence-corrected chi connectivity index (χ4v) is 3.22. The summed E-state index contributed by atoms with van der Waals surface area (Å²) in [5.74, 6) is 1.49. The minimum absolute atomic E-state index is 0.606. The Morgan fingerprint density at radius 1 is 0.933 bits per heavy atom. The Balaban J connectivity index is 1.19. The van der Waals surface area contributed by atoms with E-state index in [0.717, 1.165) is 41.9 Å². The maximum Gasteiger partial charge on any atom is 0.220 e. The first-order valence-electron chi connectivity index (χ1n) is 10.3. The van der Waals surface area contributed by atoms with E-state index >= 15 is 0 Å².